The molecule has 1 aromatic rings. The van der Waals surface area contributed by atoms with Gasteiger partial charge in [-0.15, -0.1) is 0 Å². The highest BCUT2D eigenvalue weighted by atomic mass is 32.2. The van der Waals surface area contributed by atoms with Crippen molar-refractivity contribution in [3.63, 3.8) is 0 Å². The summed E-state index contributed by atoms with van der Waals surface area (Å²) in [6.07, 6.45) is 0.218. The van der Waals surface area contributed by atoms with Gasteiger partial charge in [0.05, 0.1) is 17.6 Å². The zero-order valence-corrected chi connectivity index (χ0v) is 17.4. The lowest BCUT2D eigenvalue weighted by Gasteiger charge is -2.23. The minimum absolute atomic E-state index is 0.0147. The molecule has 0 heterocycles. The Balaban J connectivity index is 3.18. The maximum absolute atomic E-state index is 12.9. The zero-order valence-electron chi connectivity index (χ0n) is 16.6. The van der Waals surface area contributed by atoms with Crippen molar-refractivity contribution in [3.05, 3.63) is 29.8 Å². The molecule has 6 N–H and O–H groups in total. The molecule has 30 heavy (non-hydrogen) atoms. The van der Waals surface area contributed by atoms with Crippen molar-refractivity contribution >= 4 is 33.8 Å². The van der Waals surface area contributed by atoms with Gasteiger partial charge in [0.2, 0.25) is 15.9 Å². The van der Waals surface area contributed by atoms with E-state index in [-0.39, 0.29) is 35.8 Å². The van der Waals surface area contributed by atoms with Crippen LogP contribution in [0.1, 0.15) is 23.2 Å². The number of guanidine groups is 1. The van der Waals surface area contributed by atoms with Gasteiger partial charge in [0.15, 0.2) is 5.96 Å². The van der Waals surface area contributed by atoms with Crippen molar-refractivity contribution in [1.29, 1.82) is 0 Å². The highest BCUT2D eigenvalue weighted by molar-refractivity contribution is 7.89. The van der Waals surface area contributed by atoms with Crippen molar-refractivity contribution in [2.75, 3.05) is 27.2 Å². The number of hydrogen-bond acceptors (Lipinski definition) is 7. The lowest BCUT2D eigenvalue weighted by molar-refractivity contribution is -0.144. The first kappa shape index (κ1) is 24.8. The number of esters is 1. The highest BCUT2D eigenvalue weighted by Crippen LogP contribution is 2.18. The fraction of sp³-hybridized carbons (Fsp3) is 0.412. The summed E-state index contributed by atoms with van der Waals surface area (Å²) in [4.78, 5) is 39.7. The topological polar surface area (TPSA) is 194 Å². The smallest absolute Gasteiger partial charge is 0.339 e. The molecule has 1 amide bonds. The third-order valence-corrected chi connectivity index (χ3v) is 5.40. The number of carboxylic acids is 1. The molecule has 1 rings (SSSR count). The van der Waals surface area contributed by atoms with E-state index in [1.165, 1.54) is 31.3 Å². The summed E-state index contributed by atoms with van der Waals surface area (Å²) in [5, 5.41) is 8.90. The number of nitrogens with two attached hydrogens (primary N) is 2. The minimum Gasteiger partial charge on any atom is -0.480 e. The van der Waals surface area contributed by atoms with Crippen molar-refractivity contribution in [2.24, 2.45) is 16.5 Å². The van der Waals surface area contributed by atoms with Crippen molar-refractivity contribution < 1.29 is 32.6 Å². The number of hydrogen-bond donors (Lipinski definition) is 4. The molecular formula is C17H25N5O7S. The Labute approximate surface area is 173 Å². The number of rotatable bonds is 11. The summed E-state index contributed by atoms with van der Waals surface area (Å²) in [5.74, 6) is -3.05. The fourth-order valence-electron chi connectivity index (χ4n) is 2.51. The van der Waals surface area contributed by atoms with Gasteiger partial charge in [0.25, 0.3) is 0 Å². The summed E-state index contributed by atoms with van der Waals surface area (Å²) < 4.78 is 32.6. The number of carbonyl (C=O) groups excluding carboxylic acids is 2. The number of likely N-dealkylation sites (N-methyl/N-ethyl adjacent to an activating group) is 1. The van der Waals surface area contributed by atoms with Gasteiger partial charge in [-0.1, -0.05) is 12.1 Å². The van der Waals surface area contributed by atoms with Crippen molar-refractivity contribution in [3.8, 4) is 0 Å². The van der Waals surface area contributed by atoms with Crippen LogP contribution in [0.2, 0.25) is 0 Å². The van der Waals surface area contributed by atoms with Crippen LogP contribution < -0.4 is 16.2 Å². The van der Waals surface area contributed by atoms with E-state index in [4.69, 9.17) is 16.6 Å². The minimum atomic E-state index is -4.34. The number of aliphatic imine (C=N–C) groups is 1. The maximum Gasteiger partial charge on any atom is 0.339 e. The van der Waals surface area contributed by atoms with E-state index in [0.29, 0.717) is 0 Å². The lowest BCUT2D eigenvalue weighted by Crippen LogP contribution is -2.48. The second-order valence-electron chi connectivity index (χ2n) is 6.20. The van der Waals surface area contributed by atoms with Crippen LogP contribution in [0, 0.1) is 0 Å². The van der Waals surface area contributed by atoms with Gasteiger partial charge in [-0.25, -0.2) is 13.2 Å². The lowest BCUT2D eigenvalue weighted by atomic mass is 10.1. The van der Waals surface area contributed by atoms with Gasteiger partial charge >= 0.3 is 11.9 Å². The third-order valence-electron chi connectivity index (χ3n) is 3.87. The van der Waals surface area contributed by atoms with Crippen LogP contribution >= 0.6 is 0 Å². The average Bonchev–Trinajstić information content (AvgIpc) is 2.68. The monoisotopic (exact) mass is 443 g/mol. The number of carbonyl (C=O) groups is 3. The van der Waals surface area contributed by atoms with Crippen LogP contribution in [0.15, 0.2) is 34.2 Å². The number of methoxy groups -OCH3 is 1. The molecule has 13 heteroatoms. The predicted octanol–water partition coefficient (Wildman–Crippen LogP) is -1.28. The standard InChI is InChI=1S/C17H25N5O7S/c1-22(10-14(23)24)15(25)12(7-5-9-20-17(18)19)21-30(27,28)13-8-4-3-6-11(13)16(26)29-2/h3-4,6,8,12,21H,5,7,9-10H2,1-2H3,(H,23,24)(H4,18,19,20)/t12-/m1/s1. The van der Waals surface area contributed by atoms with E-state index in [2.05, 4.69) is 14.5 Å². The number of benzene rings is 1. The van der Waals surface area contributed by atoms with Crippen LogP contribution in [0.25, 0.3) is 0 Å². The van der Waals surface area contributed by atoms with Crippen LogP contribution in [0.4, 0.5) is 0 Å². The molecule has 0 spiro atoms. The Bertz CT molecular complexity index is 913. The van der Waals surface area contributed by atoms with Gasteiger partial charge in [-0.3, -0.25) is 14.6 Å². The molecule has 0 fully saturated rings. The Kier molecular flexibility index (Phi) is 9.20. The largest absolute Gasteiger partial charge is 0.480 e. The van der Waals surface area contributed by atoms with E-state index in [1.807, 2.05) is 0 Å². The molecule has 1 aromatic carbocycles. The van der Waals surface area contributed by atoms with E-state index in [9.17, 15) is 22.8 Å². The van der Waals surface area contributed by atoms with Crippen LogP contribution in [-0.2, 0) is 24.3 Å². The molecule has 0 aliphatic rings. The maximum atomic E-state index is 12.9. The quantitative estimate of drug-likeness (QED) is 0.139. The van der Waals surface area contributed by atoms with Gasteiger partial charge in [-0.05, 0) is 25.0 Å². The second-order valence-corrected chi connectivity index (χ2v) is 7.88. The Morgan fingerprint density at radius 2 is 1.90 bits per heavy atom. The Morgan fingerprint density at radius 3 is 2.47 bits per heavy atom. The molecule has 0 saturated heterocycles. The van der Waals surface area contributed by atoms with Crippen LogP contribution in [-0.4, -0.2) is 75.5 Å². The van der Waals surface area contributed by atoms with Crippen molar-refractivity contribution in [1.82, 2.24) is 9.62 Å². The highest BCUT2D eigenvalue weighted by Gasteiger charge is 2.30. The molecule has 12 nitrogen and oxygen atoms in total. The number of nitrogens with zero attached hydrogens (tertiary/aromatic N) is 2. The number of carboxylic acid groups (broad SMARTS) is 1. The molecule has 0 radical (unpaired) electrons. The van der Waals surface area contributed by atoms with Gasteiger partial charge in [-0.2, -0.15) is 4.72 Å². The number of amides is 1. The first-order valence-electron chi connectivity index (χ1n) is 8.71. The molecule has 0 aromatic heterocycles. The van der Waals surface area contributed by atoms with Crippen LogP contribution in [0.5, 0.6) is 0 Å². The first-order chi connectivity index (χ1) is 14.0. The fourth-order valence-corrected chi connectivity index (χ4v) is 3.93. The van der Waals surface area contributed by atoms with E-state index in [0.717, 1.165) is 12.0 Å². The molecule has 166 valence electrons. The summed E-state index contributed by atoms with van der Waals surface area (Å²) in [6.45, 7) is -0.487. The summed E-state index contributed by atoms with van der Waals surface area (Å²) in [6, 6.07) is 4.03. The molecule has 0 aliphatic carbocycles. The molecule has 0 saturated carbocycles. The Hall–Kier alpha value is -3.19. The van der Waals surface area contributed by atoms with Gasteiger partial charge in [0.1, 0.15) is 12.6 Å². The number of aliphatic carboxylic acids is 1. The number of ether oxygens (including phenoxy) is 1. The molecule has 0 aliphatic heterocycles. The summed E-state index contributed by atoms with van der Waals surface area (Å²) in [7, 11) is -2.00. The average molecular weight is 443 g/mol. The third kappa shape index (κ3) is 7.33. The number of sulfonamides is 1. The molecular weight excluding hydrogens is 418 g/mol. The van der Waals surface area contributed by atoms with E-state index >= 15 is 0 Å². The molecule has 1 atom stereocenters. The molecule has 0 bridgehead atoms. The van der Waals surface area contributed by atoms with Gasteiger partial charge < -0.3 is 26.2 Å². The Morgan fingerprint density at radius 1 is 1.27 bits per heavy atom. The van der Waals surface area contributed by atoms with Crippen molar-refractivity contribution in [2.45, 2.75) is 23.8 Å². The molecule has 0 unspecified atom stereocenters. The predicted molar refractivity (Wildman–Crippen MR) is 107 cm³/mol. The summed E-state index contributed by atoms with van der Waals surface area (Å²) >= 11 is 0. The van der Waals surface area contributed by atoms with E-state index in [1.54, 1.807) is 0 Å². The first-order valence-corrected chi connectivity index (χ1v) is 10.2. The second kappa shape index (κ2) is 11.1. The normalized spacial score (nSPS) is 11.9. The SMILES string of the molecule is COC(=O)c1ccccc1S(=O)(=O)N[C@H](CCCN=C(N)N)C(=O)N(C)CC(=O)O. The zero-order chi connectivity index (χ0) is 22.9. The van der Waals surface area contributed by atoms with Crippen LogP contribution in [0.3, 0.4) is 0 Å². The number of nitrogens with one attached hydrogen (secondary N) is 1. The summed E-state index contributed by atoms with van der Waals surface area (Å²) in [5.41, 5.74) is 10.3. The van der Waals surface area contributed by atoms with E-state index < -0.39 is 40.5 Å². The van der Waals surface area contributed by atoms with Gasteiger partial charge in [0, 0.05) is 13.6 Å².